The van der Waals surface area contributed by atoms with Crippen molar-refractivity contribution >= 4 is 0 Å². The first-order chi connectivity index (χ1) is 8.50. The first kappa shape index (κ1) is 13.5. The normalized spacial score (nSPS) is 24.3. The molecule has 0 bridgehead atoms. The number of morpholine rings is 1. The van der Waals surface area contributed by atoms with E-state index in [0.717, 1.165) is 31.9 Å². The Kier molecular flexibility index (Phi) is 4.04. The summed E-state index contributed by atoms with van der Waals surface area (Å²) in [5, 5.41) is 9.27. The third kappa shape index (κ3) is 3.31. The van der Waals surface area contributed by atoms with Gasteiger partial charge in [0.25, 0.3) is 0 Å². The highest BCUT2D eigenvalue weighted by atomic mass is 16.5. The lowest BCUT2D eigenvalue weighted by Crippen LogP contribution is -2.54. The highest BCUT2D eigenvalue weighted by Crippen LogP contribution is 2.20. The number of aryl methyl sites for hydroxylation is 1. The van der Waals surface area contributed by atoms with Crippen molar-refractivity contribution in [1.82, 2.24) is 14.5 Å². The third-order valence-electron chi connectivity index (χ3n) is 3.33. The van der Waals surface area contributed by atoms with Crippen molar-refractivity contribution in [2.24, 2.45) is 7.05 Å². The zero-order valence-corrected chi connectivity index (χ0v) is 11.5. The predicted molar refractivity (Wildman–Crippen MR) is 69.4 cm³/mol. The fraction of sp³-hybridized carbons (Fsp3) is 0.769. The number of imidazole rings is 1. The van der Waals surface area contributed by atoms with Gasteiger partial charge in [0.15, 0.2) is 0 Å². The SMILES string of the molecule is Cn1ccnc1CCN1CC(CO)OC(C)(C)C1. The van der Waals surface area contributed by atoms with Crippen LogP contribution in [-0.4, -0.2) is 57.5 Å². The summed E-state index contributed by atoms with van der Waals surface area (Å²) in [6, 6.07) is 0. The van der Waals surface area contributed by atoms with Crippen LogP contribution in [0.1, 0.15) is 19.7 Å². The molecule has 5 heteroatoms. The van der Waals surface area contributed by atoms with E-state index in [4.69, 9.17) is 4.74 Å². The minimum Gasteiger partial charge on any atom is -0.394 e. The average molecular weight is 253 g/mol. The summed E-state index contributed by atoms with van der Waals surface area (Å²) in [5.74, 6) is 1.10. The van der Waals surface area contributed by atoms with Crippen LogP contribution in [-0.2, 0) is 18.2 Å². The van der Waals surface area contributed by atoms with Crippen molar-refractivity contribution in [3.8, 4) is 0 Å². The van der Waals surface area contributed by atoms with Crippen LogP contribution in [0, 0.1) is 0 Å². The van der Waals surface area contributed by atoms with E-state index in [9.17, 15) is 5.11 Å². The second-order valence-electron chi connectivity index (χ2n) is 5.62. The van der Waals surface area contributed by atoms with Crippen molar-refractivity contribution in [1.29, 1.82) is 0 Å². The Balaban J connectivity index is 1.90. The number of rotatable bonds is 4. The summed E-state index contributed by atoms with van der Waals surface area (Å²) in [6.45, 7) is 6.87. The number of ether oxygens (including phenoxy) is 1. The van der Waals surface area contributed by atoms with Crippen molar-refractivity contribution < 1.29 is 9.84 Å². The van der Waals surface area contributed by atoms with Gasteiger partial charge in [-0.3, -0.25) is 4.90 Å². The second kappa shape index (κ2) is 5.38. The van der Waals surface area contributed by atoms with Crippen molar-refractivity contribution in [2.45, 2.75) is 32.0 Å². The summed E-state index contributed by atoms with van der Waals surface area (Å²) in [4.78, 5) is 6.68. The monoisotopic (exact) mass is 253 g/mol. The molecular weight excluding hydrogens is 230 g/mol. The molecule has 102 valence electrons. The molecule has 1 aliphatic heterocycles. The first-order valence-electron chi connectivity index (χ1n) is 6.47. The lowest BCUT2D eigenvalue weighted by molar-refractivity contribution is -0.148. The molecule has 1 aromatic heterocycles. The summed E-state index contributed by atoms with van der Waals surface area (Å²) in [6.07, 6.45) is 4.65. The Hall–Kier alpha value is -0.910. The van der Waals surface area contributed by atoms with Crippen LogP contribution in [0.4, 0.5) is 0 Å². The lowest BCUT2D eigenvalue weighted by atomic mass is 10.1. The molecule has 1 aromatic rings. The summed E-state index contributed by atoms with van der Waals surface area (Å²) in [5.41, 5.74) is -0.187. The Morgan fingerprint density at radius 1 is 1.56 bits per heavy atom. The van der Waals surface area contributed by atoms with E-state index >= 15 is 0 Å². The van der Waals surface area contributed by atoms with Gasteiger partial charge in [-0.1, -0.05) is 0 Å². The summed E-state index contributed by atoms with van der Waals surface area (Å²) in [7, 11) is 2.02. The van der Waals surface area contributed by atoms with E-state index < -0.39 is 0 Å². The molecule has 0 saturated carbocycles. The van der Waals surface area contributed by atoms with E-state index in [0.29, 0.717) is 0 Å². The van der Waals surface area contributed by atoms with Gasteiger partial charge in [-0.25, -0.2) is 4.98 Å². The van der Waals surface area contributed by atoms with Crippen LogP contribution < -0.4 is 0 Å². The maximum atomic E-state index is 9.27. The smallest absolute Gasteiger partial charge is 0.109 e. The topological polar surface area (TPSA) is 50.5 Å². The molecule has 18 heavy (non-hydrogen) atoms. The number of hydrogen-bond donors (Lipinski definition) is 1. The summed E-state index contributed by atoms with van der Waals surface area (Å²) < 4.78 is 7.85. The highest BCUT2D eigenvalue weighted by molar-refractivity contribution is 4.93. The fourth-order valence-corrected chi connectivity index (χ4v) is 2.58. The number of nitrogens with zero attached hydrogens (tertiary/aromatic N) is 3. The minimum absolute atomic E-state index is 0.0740. The molecule has 2 heterocycles. The molecule has 1 aliphatic rings. The van der Waals surface area contributed by atoms with Gasteiger partial charge < -0.3 is 14.4 Å². The van der Waals surface area contributed by atoms with Gasteiger partial charge in [0.1, 0.15) is 5.82 Å². The molecule has 5 nitrogen and oxygen atoms in total. The average Bonchev–Trinajstić information content (AvgIpc) is 2.70. The Bertz CT molecular complexity index is 389. The second-order valence-corrected chi connectivity index (χ2v) is 5.62. The van der Waals surface area contributed by atoms with Crippen LogP contribution in [0.15, 0.2) is 12.4 Å². The summed E-state index contributed by atoms with van der Waals surface area (Å²) >= 11 is 0. The largest absolute Gasteiger partial charge is 0.394 e. The van der Waals surface area contributed by atoms with Crippen LogP contribution in [0.25, 0.3) is 0 Å². The van der Waals surface area contributed by atoms with Gasteiger partial charge in [-0.15, -0.1) is 0 Å². The molecule has 1 saturated heterocycles. The molecule has 1 N–H and O–H groups in total. The Morgan fingerprint density at radius 2 is 2.33 bits per heavy atom. The molecule has 1 unspecified atom stereocenters. The molecule has 0 aromatic carbocycles. The minimum atomic E-state index is -0.187. The first-order valence-corrected chi connectivity index (χ1v) is 6.47. The zero-order valence-electron chi connectivity index (χ0n) is 11.5. The van der Waals surface area contributed by atoms with Crippen molar-refractivity contribution in [3.05, 3.63) is 18.2 Å². The van der Waals surface area contributed by atoms with Gasteiger partial charge in [-0.2, -0.15) is 0 Å². The van der Waals surface area contributed by atoms with E-state index in [2.05, 4.69) is 28.3 Å². The van der Waals surface area contributed by atoms with Crippen LogP contribution in [0.2, 0.25) is 0 Å². The van der Waals surface area contributed by atoms with E-state index in [1.807, 2.05) is 19.4 Å². The predicted octanol–water partition coefficient (Wildman–Crippen LogP) is 0.434. The maximum Gasteiger partial charge on any atom is 0.109 e. The van der Waals surface area contributed by atoms with Crippen molar-refractivity contribution in [2.75, 3.05) is 26.2 Å². The third-order valence-corrected chi connectivity index (χ3v) is 3.33. The molecule has 1 fully saturated rings. The van der Waals surface area contributed by atoms with Gasteiger partial charge in [0.05, 0.1) is 18.3 Å². The van der Waals surface area contributed by atoms with Crippen LogP contribution >= 0.6 is 0 Å². The Morgan fingerprint density at radius 3 is 2.94 bits per heavy atom. The molecule has 2 rings (SSSR count). The molecule has 0 amide bonds. The Labute approximate surface area is 108 Å². The standard InChI is InChI=1S/C13H23N3O2/c1-13(2)10-16(8-11(9-17)18-13)6-4-12-14-5-7-15(12)3/h5,7,11,17H,4,6,8-10H2,1-3H3. The van der Waals surface area contributed by atoms with E-state index in [1.165, 1.54) is 0 Å². The van der Waals surface area contributed by atoms with Gasteiger partial charge >= 0.3 is 0 Å². The molecule has 0 aliphatic carbocycles. The van der Waals surface area contributed by atoms with Gasteiger partial charge in [0.2, 0.25) is 0 Å². The molecular formula is C13H23N3O2. The van der Waals surface area contributed by atoms with Crippen LogP contribution in [0.5, 0.6) is 0 Å². The fourth-order valence-electron chi connectivity index (χ4n) is 2.58. The lowest BCUT2D eigenvalue weighted by Gasteiger charge is -2.42. The quantitative estimate of drug-likeness (QED) is 0.845. The van der Waals surface area contributed by atoms with Gasteiger partial charge in [0, 0.05) is 45.5 Å². The highest BCUT2D eigenvalue weighted by Gasteiger charge is 2.32. The number of aliphatic hydroxyl groups is 1. The maximum absolute atomic E-state index is 9.27. The number of aromatic nitrogens is 2. The zero-order chi connectivity index (χ0) is 13.2. The molecule has 1 atom stereocenters. The van der Waals surface area contributed by atoms with Gasteiger partial charge in [-0.05, 0) is 13.8 Å². The molecule has 0 radical (unpaired) electrons. The van der Waals surface area contributed by atoms with E-state index in [-0.39, 0.29) is 18.3 Å². The van der Waals surface area contributed by atoms with E-state index in [1.54, 1.807) is 0 Å². The molecule has 0 spiro atoms. The van der Waals surface area contributed by atoms with Crippen molar-refractivity contribution in [3.63, 3.8) is 0 Å². The number of hydrogen-bond acceptors (Lipinski definition) is 4. The van der Waals surface area contributed by atoms with Crippen LogP contribution in [0.3, 0.4) is 0 Å². The number of aliphatic hydroxyl groups excluding tert-OH is 1.